The maximum Gasteiger partial charge on any atom is 0.420 e. The first-order valence-electron chi connectivity index (χ1n) is 17.6. The molecule has 4 aliphatic rings. The smallest absolute Gasteiger partial charge is 0.420 e. The van der Waals surface area contributed by atoms with Gasteiger partial charge in [-0.2, -0.15) is 13.2 Å². The first kappa shape index (κ1) is 35.5. The van der Waals surface area contributed by atoms with Gasteiger partial charge in [0.2, 0.25) is 5.91 Å². The number of amides is 4. The van der Waals surface area contributed by atoms with Crippen LogP contribution in [0.3, 0.4) is 0 Å². The van der Waals surface area contributed by atoms with Crippen molar-refractivity contribution in [3.8, 4) is 5.75 Å². The van der Waals surface area contributed by atoms with Crippen molar-refractivity contribution in [1.82, 2.24) is 15.1 Å². The number of halogens is 4. The van der Waals surface area contributed by atoms with Gasteiger partial charge in [-0.25, -0.2) is 9.59 Å². The number of carbonyl (C=O) groups is 3. The van der Waals surface area contributed by atoms with E-state index >= 15 is 0 Å². The second kappa shape index (κ2) is 14.9. The van der Waals surface area contributed by atoms with Crippen LogP contribution in [-0.4, -0.2) is 95.1 Å². The molecule has 4 amide bonds. The summed E-state index contributed by atoms with van der Waals surface area (Å²) in [6, 6.07) is 9.77. The Balaban J connectivity index is 1.20. The quantitative estimate of drug-likeness (QED) is 0.309. The Labute approximate surface area is 290 Å². The topological polar surface area (TPSA) is 102 Å². The largest absolute Gasteiger partial charge is 0.506 e. The van der Waals surface area contributed by atoms with E-state index in [2.05, 4.69) is 10.6 Å². The summed E-state index contributed by atoms with van der Waals surface area (Å²) in [4.78, 5) is 45.5. The molecule has 0 aromatic heterocycles. The monoisotopic (exact) mass is 704 g/mol. The summed E-state index contributed by atoms with van der Waals surface area (Å²) in [5.41, 5.74) is 0.802. The second-order valence-corrected chi connectivity index (χ2v) is 14.5. The molecule has 4 heterocycles. The van der Waals surface area contributed by atoms with Crippen molar-refractivity contribution in [2.24, 2.45) is 5.92 Å². The first-order chi connectivity index (χ1) is 23.5. The lowest BCUT2D eigenvalue weighted by Gasteiger charge is -2.48. The number of likely N-dealkylation sites (tertiary alicyclic amines) is 2. The van der Waals surface area contributed by atoms with Gasteiger partial charge in [-0.15, -0.1) is 0 Å². The highest BCUT2D eigenvalue weighted by Crippen LogP contribution is 2.41. The van der Waals surface area contributed by atoms with Crippen molar-refractivity contribution in [2.75, 3.05) is 51.1 Å². The number of phenols is 1. The number of anilines is 1. The molecule has 3 fully saturated rings. The van der Waals surface area contributed by atoms with Crippen molar-refractivity contribution in [3.05, 3.63) is 58.1 Å². The van der Waals surface area contributed by atoms with E-state index in [1.807, 2.05) is 29.2 Å². The predicted octanol–water partition coefficient (Wildman–Crippen LogP) is 5.97. The Hall–Kier alpha value is -3.35. The van der Waals surface area contributed by atoms with Crippen LogP contribution in [0.1, 0.15) is 68.1 Å². The molecule has 266 valence electrons. The highest BCUT2D eigenvalue weighted by Gasteiger charge is 2.49. The summed E-state index contributed by atoms with van der Waals surface area (Å²) in [6.45, 7) is 4.30. The zero-order valence-corrected chi connectivity index (χ0v) is 28.5. The van der Waals surface area contributed by atoms with E-state index in [9.17, 15) is 32.7 Å². The van der Waals surface area contributed by atoms with Gasteiger partial charge in [-0.05, 0) is 74.3 Å². The summed E-state index contributed by atoms with van der Waals surface area (Å²) in [7, 11) is 0. The van der Waals surface area contributed by atoms with Gasteiger partial charge in [0.25, 0.3) is 0 Å². The van der Waals surface area contributed by atoms with Gasteiger partial charge >= 0.3 is 18.1 Å². The van der Waals surface area contributed by atoms with Crippen LogP contribution in [-0.2, 0) is 28.6 Å². The van der Waals surface area contributed by atoms with E-state index in [4.69, 9.17) is 11.6 Å². The molecule has 1 atom stereocenters. The third-order valence-corrected chi connectivity index (χ3v) is 11.4. The molecule has 3 N–H and O–H groups in total. The summed E-state index contributed by atoms with van der Waals surface area (Å²) in [5, 5.41) is 16.1. The molecule has 13 heteroatoms. The van der Waals surface area contributed by atoms with Crippen molar-refractivity contribution in [1.29, 1.82) is 0 Å². The lowest BCUT2D eigenvalue weighted by molar-refractivity contribution is -0.887. The Morgan fingerprint density at radius 3 is 2.39 bits per heavy atom. The first-order valence-corrected chi connectivity index (χ1v) is 18.0. The molecule has 0 radical (unpaired) electrons. The number of para-hydroxylation sites is 1. The number of aromatic hydroxyl groups is 1. The fraction of sp³-hybridized carbons (Fsp3) is 0.583. The van der Waals surface area contributed by atoms with Gasteiger partial charge < -0.3 is 25.5 Å². The van der Waals surface area contributed by atoms with Crippen LogP contribution in [0, 0.1) is 5.92 Å². The van der Waals surface area contributed by atoms with Gasteiger partial charge in [0, 0.05) is 63.7 Å². The molecule has 0 saturated carbocycles. The fourth-order valence-corrected chi connectivity index (χ4v) is 8.77. The van der Waals surface area contributed by atoms with Crippen LogP contribution < -0.4 is 10.6 Å². The van der Waals surface area contributed by atoms with Crippen LogP contribution in [0.4, 0.5) is 23.7 Å². The Morgan fingerprint density at radius 1 is 1.00 bits per heavy atom. The zero-order valence-electron chi connectivity index (χ0n) is 27.7. The van der Waals surface area contributed by atoms with Gasteiger partial charge in [0.15, 0.2) is 0 Å². The molecule has 9 nitrogen and oxygen atoms in total. The third kappa shape index (κ3) is 7.71. The van der Waals surface area contributed by atoms with Gasteiger partial charge in [-0.3, -0.25) is 9.28 Å². The van der Waals surface area contributed by atoms with Crippen LogP contribution in [0.25, 0.3) is 0 Å². The lowest BCUT2D eigenvalue weighted by Crippen LogP contribution is -2.65. The molecule has 0 bridgehead atoms. The highest BCUT2D eigenvalue weighted by molar-refractivity contribution is 6.32. The zero-order chi connectivity index (χ0) is 34.8. The maximum absolute atomic E-state index is 14.8. The summed E-state index contributed by atoms with van der Waals surface area (Å²) >= 11 is 6.08. The number of alkyl halides is 3. The standard InChI is InChI=1S/C36H45ClF3N5O4/c37-30-22-24(21-29(33(30)47)36(38,39)40)20-26(34(48)45(18-4-1-5-19-45)28-8-13-41-14-9-28)23-32(46)43-15-11-27(12-16-43)44-17-10-25-6-2-3-7-31(25)42-35(44)49/h2-3,6-7,21-22,26-28,41H,1,4-5,8-20,23H2,(H-,42,47,49)/p+1/t26-/m0/s1. The average molecular weight is 705 g/mol. The number of nitrogens with zero attached hydrogens (tertiary/aromatic N) is 3. The van der Waals surface area contributed by atoms with E-state index in [1.165, 1.54) is 6.07 Å². The number of phenolic OH excluding ortho intramolecular Hbond substituents is 1. The molecule has 4 aliphatic heterocycles. The molecule has 6 rings (SSSR count). The Kier molecular flexibility index (Phi) is 10.8. The van der Waals surface area contributed by atoms with E-state index in [0.717, 1.165) is 68.9 Å². The summed E-state index contributed by atoms with van der Waals surface area (Å²) in [6.07, 6.45) is 1.24. The van der Waals surface area contributed by atoms with Crippen molar-refractivity contribution < 1.29 is 37.1 Å². The van der Waals surface area contributed by atoms with Crippen LogP contribution in [0.2, 0.25) is 5.02 Å². The number of piperidine rings is 3. The molecule has 0 aliphatic carbocycles. The maximum atomic E-state index is 14.8. The van der Waals surface area contributed by atoms with Crippen molar-refractivity contribution in [2.45, 2.75) is 82.5 Å². The molecule has 0 unspecified atom stereocenters. The number of hydrogen-bond donors (Lipinski definition) is 3. The van der Waals surface area contributed by atoms with E-state index in [-0.39, 0.29) is 52.8 Å². The highest BCUT2D eigenvalue weighted by atomic mass is 35.5. The van der Waals surface area contributed by atoms with Crippen LogP contribution >= 0.6 is 11.6 Å². The average Bonchev–Trinajstić information content (AvgIpc) is 3.27. The van der Waals surface area contributed by atoms with E-state index in [1.54, 1.807) is 4.90 Å². The summed E-state index contributed by atoms with van der Waals surface area (Å²) < 4.78 is 41.8. The SMILES string of the molecule is O=C(C[C@H](Cc1cc(Cl)c(O)c(C(F)(F)F)c1)C(=O)[N+]1(C2CCNCC2)CCCCC1)N1CCC(N2CCc3ccccc3NC2=O)CC1. The minimum Gasteiger partial charge on any atom is -0.506 e. The van der Waals surface area contributed by atoms with Crippen LogP contribution in [0.5, 0.6) is 5.75 Å². The number of benzene rings is 2. The van der Waals surface area contributed by atoms with Gasteiger partial charge in [0.1, 0.15) is 5.75 Å². The predicted molar refractivity (Wildman–Crippen MR) is 180 cm³/mol. The summed E-state index contributed by atoms with van der Waals surface area (Å²) in [5.74, 6) is -2.22. The van der Waals surface area contributed by atoms with E-state index in [0.29, 0.717) is 45.6 Å². The van der Waals surface area contributed by atoms with Gasteiger partial charge in [0.05, 0.1) is 35.6 Å². The minimum absolute atomic E-state index is 0.0437. The number of urea groups is 1. The number of carbonyl (C=O) groups excluding carboxylic acids is 3. The second-order valence-electron chi connectivity index (χ2n) is 14.1. The third-order valence-electron chi connectivity index (χ3n) is 11.1. The molecule has 2 aromatic rings. The molecular weight excluding hydrogens is 659 g/mol. The number of hydrogen-bond acceptors (Lipinski definition) is 5. The number of fused-ring (bicyclic) bond motifs is 1. The molecule has 3 saturated heterocycles. The van der Waals surface area contributed by atoms with Crippen molar-refractivity contribution in [3.63, 3.8) is 0 Å². The lowest BCUT2D eigenvalue weighted by atomic mass is 9.87. The Bertz CT molecular complexity index is 1540. The van der Waals surface area contributed by atoms with Gasteiger partial charge in [-0.1, -0.05) is 29.8 Å². The molecule has 49 heavy (non-hydrogen) atoms. The minimum atomic E-state index is -4.84. The van der Waals surface area contributed by atoms with Crippen molar-refractivity contribution >= 4 is 35.1 Å². The number of rotatable bonds is 7. The van der Waals surface area contributed by atoms with E-state index < -0.39 is 28.4 Å². The van der Waals surface area contributed by atoms with Crippen LogP contribution in [0.15, 0.2) is 36.4 Å². The number of nitrogens with one attached hydrogen (secondary N) is 2. The fourth-order valence-electron chi connectivity index (χ4n) is 8.53. The number of quaternary nitrogens is 1. The molecular formula is C36H46ClF3N5O4+. The molecule has 0 spiro atoms. The normalized spacial score (nSPS) is 21.4. The Morgan fingerprint density at radius 2 is 1.69 bits per heavy atom. The molecule has 2 aromatic carbocycles.